The second-order valence-corrected chi connectivity index (χ2v) is 5.63. The summed E-state index contributed by atoms with van der Waals surface area (Å²) in [7, 11) is 0. The number of amides is 1. The maximum atomic E-state index is 12.5. The molecule has 124 valence electrons. The van der Waals surface area contributed by atoms with Gasteiger partial charge in [-0.15, -0.1) is 0 Å². The van der Waals surface area contributed by atoms with Gasteiger partial charge < -0.3 is 19.3 Å². The van der Waals surface area contributed by atoms with E-state index in [0.717, 1.165) is 5.56 Å². The van der Waals surface area contributed by atoms with E-state index in [1.165, 1.54) is 4.90 Å². The van der Waals surface area contributed by atoms with Crippen LogP contribution in [0.1, 0.15) is 18.4 Å². The van der Waals surface area contributed by atoms with Crippen molar-refractivity contribution in [3.8, 4) is 0 Å². The molecule has 2 saturated heterocycles. The van der Waals surface area contributed by atoms with E-state index in [-0.39, 0.29) is 13.2 Å². The maximum Gasteiger partial charge on any atom is 0.413 e. The molecule has 0 aliphatic carbocycles. The Morgan fingerprint density at radius 2 is 1.96 bits per heavy atom. The first-order chi connectivity index (χ1) is 11.1. The minimum Gasteiger partial charge on any atom is -0.480 e. The van der Waals surface area contributed by atoms with Crippen LogP contribution in [0.2, 0.25) is 0 Å². The topological polar surface area (TPSA) is 85.3 Å². The van der Waals surface area contributed by atoms with Gasteiger partial charge in [-0.3, -0.25) is 4.90 Å². The molecule has 0 aromatic heterocycles. The van der Waals surface area contributed by atoms with Gasteiger partial charge in [0.05, 0.1) is 19.8 Å². The first-order valence-corrected chi connectivity index (χ1v) is 7.57. The molecule has 0 radical (unpaired) electrons. The largest absolute Gasteiger partial charge is 0.480 e. The van der Waals surface area contributed by atoms with Crippen molar-refractivity contribution in [2.45, 2.75) is 31.2 Å². The van der Waals surface area contributed by atoms with Gasteiger partial charge in [-0.25, -0.2) is 9.59 Å². The monoisotopic (exact) mass is 321 g/mol. The van der Waals surface area contributed by atoms with E-state index < -0.39 is 23.8 Å². The standard InChI is InChI=1S/C16H19NO6/c18-14(19)13-11-23-16(6-8-21-9-7-16)17(13)15(20)22-10-12-4-2-1-3-5-12/h1-5,13H,6-11H2,(H,18,19)/t13-/m0/s1. The van der Waals surface area contributed by atoms with Crippen LogP contribution in [0.15, 0.2) is 30.3 Å². The van der Waals surface area contributed by atoms with E-state index in [2.05, 4.69) is 0 Å². The third-order valence-corrected chi connectivity index (χ3v) is 4.22. The Kier molecular flexibility index (Phi) is 4.49. The summed E-state index contributed by atoms with van der Waals surface area (Å²) < 4.78 is 16.3. The summed E-state index contributed by atoms with van der Waals surface area (Å²) in [6, 6.07) is 8.22. The molecule has 23 heavy (non-hydrogen) atoms. The lowest BCUT2D eigenvalue weighted by molar-refractivity contribution is -0.150. The molecule has 7 nitrogen and oxygen atoms in total. The fraction of sp³-hybridized carbons (Fsp3) is 0.500. The number of ether oxygens (including phenoxy) is 3. The molecule has 0 saturated carbocycles. The quantitative estimate of drug-likeness (QED) is 0.910. The Balaban J connectivity index is 1.74. The van der Waals surface area contributed by atoms with Crippen LogP contribution in [0.5, 0.6) is 0 Å². The van der Waals surface area contributed by atoms with Crippen LogP contribution >= 0.6 is 0 Å². The normalized spacial score (nSPS) is 23.0. The number of carbonyl (C=O) groups excluding carboxylic acids is 1. The molecular formula is C16H19NO6. The number of benzene rings is 1. The SMILES string of the molecule is O=C(O)[C@@H]1COC2(CCOCC2)N1C(=O)OCc1ccccc1. The molecule has 3 rings (SSSR count). The highest BCUT2D eigenvalue weighted by molar-refractivity contribution is 5.81. The molecule has 1 N–H and O–H groups in total. The number of nitrogens with zero attached hydrogens (tertiary/aromatic N) is 1. The first-order valence-electron chi connectivity index (χ1n) is 7.57. The van der Waals surface area contributed by atoms with Crippen molar-refractivity contribution in [2.24, 2.45) is 0 Å². The van der Waals surface area contributed by atoms with Gasteiger partial charge in [0.15, 0.2) is 11.8 Å². The second kappa shape index (κ2) is 6.55. The third-order valence-electron chi connectivity index (χ3n) is 4.22. The lowest BCUT2D eigenvalue weighted by Crippen LogP contribution is -2.56. The minimum atomic E-state index is -1.09. The molecule has 7 heteroatoms. The Morgan fingerprint density at radius 1 is 1.26 bits per heavy atom. The summed E-state index contributed by atoms with van der Waals surface area (Å²) in [4.78, 5) is 25.2. The number of rotatable bonds is 3. The van der Waals surface area contributed by atoms with Crippen molar-refractivity contribution in [1.29, 1.82) is 0 Å². The zero-order valence-corrected chi connectivity index (χ0v) is 12.6. The van der Waals surface area contributed by atoms with Crippen molar-refractivity contribution in [3.05, 3.63) is 35.9 Å². The molecule has 1 aromatic rings. The number of carbonyl (C=O) groups is 2. The zero-order valence-electron chi connectivity index (χ0n) is 12.6. The van der Waals surface area contributed by atoms with Crippen LogP contribution in [0.3, 0.4) is 0 Å². The van der Waals surface area contributed by atoms with Crippen molar-refractivity contribution >= 4 is 12.1 Å². The Hall–Kier alpha value is -2.12. The summed E-state index contributed by atoms with van der Waals surface area (Å²) in [5.74, 6) is -1.09. The van der Waals surface area contributed by atoms with Gasteiger partial charge in [0, 0.05) is 12.8 Å². The highest BCUT2D eigenvalue weighted by Crippen LogP contribution is 2.37. The number of hydrogen-bond acceptors (Lipinski definition) is 5. The Labute approximate surface area is 133 Å². The zero-order chi connectivity index (χ0) is 16.3. The smallest absolute Gasteiger partial charge is 0.413 e. The highest BCUT2D eigenvalue weighted by Gasteiger charge is 2.54. The summed E-state index contributed by atoms with van der Waals surface area (Å²) >= 11 is 0. The van der Waals surface area contributed by atoms with Gasteiger partial charge in [-0.2, -0.15) is 0 Å². The van der Waals surface area contributed by atoms with Gasteiger partial charge in [0.25, 0.3) is 0 Å². The first kappa shape index (κ1) is 15.8. The predicted molar refractivity (Wildman–Crippen MR) is 78.6 cm³/mol. The molecule has 2 heterocycles. The number of aliphatic carboxylic acids is 1. The fourth-order valence-electron chi connectivity index (χ4n) is 3.00. The van der Waals surface area contributed by atoms with E-state index in [1.807, 2.05) is 30.3 Å². The predicted octanol–water partition coefficient (Wildman–Crippen LogP) is 1.62. The van der Waals surface area contributed by atoms with Crippen molar-refractivity contribution in [1.82, 2.24) is 4.90 Å². The van der Waals surface area contributed by atoms with Crippen LogP contribution in [0.25, 0.3) is 0 Å². The molecule has 0 bridgehead atoms. The Morgan fingerprint density at radius 3 is 2.61 bits per heavy atom. The summed E-state index contributed by atoms with van der Waals surface area (Å²) in [5, 5.41) is 9.37. The molecule has 1 amide bonds. The van der Waals surface area contributed by atoms with Crippen LogP contribution in [0, 0.1) is 0 Å². The van der Waals surface area contributed by atoms with Gasteiger partial charge >= 0.3 is 12.1 Å². The van der Waals surface area contributed by atoms with Crippen LogP contribution in [0.4, 0.5) is 4.79 Å². The van der Waals surface area contributed by atoms with E-state index in [4.69, 9.17) is 14.2 Å². The van der Waals surface area contributed by atoms with E-state index in [9.17, 15) is 14.7 Å². The third kappa shape index (κ3) is 3.16. The lowest BCUT2D eigenvalue weighted by atomic mass is 10.0. The second-order valence-electron chi connectivity index (χ2n) is 5.63. The average molecular weight is 321 g/mol. The Bertz CT molecular complexity index is 569. The number of carboxylic acids is 1. The lowest BCUT2D eigenvalue weighted by Gasteiger charge is -2.39. The highest BCUT2D eigenvalue weighted by atomic mass is 16.6. The molecule has 2 aliphatic rings. The van der Waals surface area contributed by atoms with Gasteiger partial charge in [-0.1, -0.05) is 30.3 Å². The van der Waals surface area contributed by atoms with Gasteiger partial charge in [0.1, 0.15) is 6.61 Å². The fourth-order valence-corrected chi connectivity index (χ4v) is 3.00. The molecule has 1 spiro atoms. The summed E-state index contributed by atoms with van der Waals surface area (Å²) in [6.45, 7) is 0.911. The molecule has 2 aliphatic heterocycles. The molecular weight excluding hydrogens is 302 g/mol. The van der Waals surface area contributed by atoms with Crippen LogP contribution in [-0.2, 0) is 25.6 Å². The number of hydrogen-bond donors (Lipinski definition) is 1. The molecule has 0 unspecified atom stereocenters. The van der Waals surface area contributed by atoms with Crippen molar-refractivity contribution < 1.29 is 28.9 Å². The molecule has 2 fully saturated rings. The van der Waals surface area contributed by atoms with Crippen LogP contribution < -0.4 is 0 Å². The summed E-state index contributed by atoms with van der Waals surface area (Å²) in [5.41, 5.74) is -0.0939. The van der Waals surface area contributed by atoms with E-state index in [0.29, 0.717) is 26.1 Å². The summed E-state index contributed by atoms with van der Waals surface area (Å²) in [6.07, 6.45) is 0.217. The van der Waals surface area contributed by atoms with Crippen molar-refractivity contribution in [3.63, 3.8) is 0 Å². The average Bonchev–Trinajstić information content (AvgIpc) is 2.93. The van der Waals surface area contributed by atoms with Crippen molar-refractivity contribution in [2.75, 3.05) is 19.8 Å². The van der Waals surface area contributed by atoms with Gasteiger partial charge in [0.2, 0.25) is 0 Å². The van der Waals surface area contributed by atoms with Crippen LogP contribution in [-0.4, -0.2) is 53.7 Å². The van der Waals surface area contributed by atoms with E-state index in [1.54, 1.807) is 0 Å². The minimum absolute atomic E-state index is 0.0320. The molecule has 1 atom stereocenters. The molecule has 1 aromatic carbocycles. The number of carboxylic acid groups (broad SMARTS) is 1. The van der Waals surface area contributed by atoms with Gasteiger partial charge in [-0.05, 0) is 5.56 Å². The maximum absolute atomic E-state index is 12.5. The van der Waals surface area contributed by atoms with E-state index >= 15 is 0 Å².